The Balaban J connectivity index is 2.32. The number of carbonyl (C=O) groups excluding carboxylic acids is 1. The van der Waals surface area contributed by atoms with Gasteiger partial charge in [-0.05, 0) is 24.8 Å². The fraction of sp³-hybridized carbons (Fsp3) is 0.389. The van der Waals surface area contributed by atoms with Gasteiger partial charge < -0.3 is 10.4 Å². The van der Waals surface area contributed by atoms with Crippen LogP contribution in [0.2, 0.25) is 0 Å². The smallest absolute Gasteiger partial charge is 0.326 e. The Morgan fingerprint density at radius 3 is 2.71 bits per heavy atom. The Kier molecular flexibility index (Phi) is 5.73. The van der Waals surface area contributed by atoms with Crippen molar-refractivity contribution in [2.45, 2.75) is 39.3 Å². The molecule has 0 bridgehead atoms. The number of amides is 1. The molecule has 2 N–H and O–H groups in total. The van der Waals surface area contributed by atoms with Crippen LogP contribution in [0.1, 0.15) is 37.2 Å². The Morgan fingerprint density at radius 1 is 1.38 bits per heavy atom. The molecular weight excluding hydrogens is 306 g/mol. The topological polar surface area (TPSA) is 84.2 Å². The van der Waals surface area contributed by atoms with Crippen LogP contribution in [-0.2, 0) is 11.3 Å². The number of nitrogens with one attached hydrogen (secondary N) is 1. The molecule has 0 saturated heterocycles. The first-order chi connectivity index (χ1) is 11.5. The summed E-state index contributed by atoms with van der Waals surface area (Å²) in [5.74, 6) is -1.73. The van der Waals surface area contributed by atoms with E-state index in [0.717, 1.165) is 23.7 Å². The van der Waals surface area contributed by atoms with E-state index in [0.29, 0.717) is 6.54 Å². The van der Waals surface area contributed by atoms with E-state index in [1.807, 2.05) is 30.3 Å². The number of aromatic nitrogens is 2. The van der Waals surface area contributed by atoms with Crippen molar-refractivity contribution in [3.8, 4) is 0 Å². The summed E-state index contributed by atoms with van der Waals surface area (Å²) in [6, 6.07) is 6.52. The number of aliphatic carboxylic acids is 1. The number of unbranched alkanes of at least 4 members (excludes halogenated alkanes) is 1. The summed E-state index contributed by atoms with van der Waals surface area (Å²) in [5.41, 5.74) is 1.12. The highest BCUT2D eigenvalue weighted by Gasteiger charge is 2.26. The first kappa shape index (κ1) is 17.7. The number of carbonyl (C=O) groups is 2. The summed E-state index contributed by atoms with van der Waals surface area (Å²) in [4.78, 5) is 23.9. The van der Waals surface area contributed by atoms with Crippen molar-refractivity contribution in [1.29, 1.82) is 0 Å². The zero-order chi connectivity index (χ0) is 17.7. The minimum Gasteiger partial charge on any atom is -0.480 e. The van der Waals surface area contributed by atoms with Crippen LogP contribution in [-0.4, -0.2) is 32.8 Å². The molecule has 0 saturated carbocycles. The highest BCUT2D eigenvalue weighted by Crippen LogP contribution is 2.19. The van der Waals surface area contributed by atoms with E-state index in [-0.39, 0.29) is 11.6 Å². The van der Waals surface area contributed by atoms with Gasteiger partial charge in [0, 0.05) is 11.9 Å². The summed E-state index contributed by atoms with van der Waals surface area (Å²) >= 11 is 0. The molecule has 1 aromatic carbocycles. The number of allylic oxidation sites excluding steroid dienone is 1. The van der Waals surface area contributed by atoms with Crippen molar-refractivity contribution in [1.82, 2.24) is 15.1 Å². The minimum atomic E-state index is -1.05. The molecule has 0 aliphatic rings. The Bertz CT molecular complexity index is 749. The zero-order valence-electron chi connectivity index (χ0n) is 14.0. The average molecular weight is 329 g/mol. The first-order valence-electron chi connectivity index (χ1n) is 8.05. The summed E-state index contributed by atoms with van der Waals surface area (Å²) in [6.45, 7) is 7.89. The maximum atomic E-state index is 12.6. The summed E-state index contributed by atoms with van der Waals surface area (Å²) in [7, 11) is 0. The number of carboxylic acid groups (broad SMARTS) is 1. The molecule has 128 valence electrons. The molecule has 6 heteroatoms. The van der Waals surface area contributed by atoms with Crippen LogP contribution in [0, 0.1) is 5.92 Å². The zero-order valence-corrected chi connectivity index (χ0v) is 14.0. The van der Waals surface area contributed by atoms with Gasteiger partial charge in [-0.2, -0.15) is 5.10 Å². The molecule has 1 atom stereocenters. The molecule has 0 fully saturated rings. The van der Waals surface area contributed by atoms with E-state index in [1.54, 1.807) is 18.5 Å². The molecule has 0 unspecified atom stereocenters. The van der Waals surface area contributed by atoms with E-state index in [2.05, 4.69) is 17.0 Å². The van der Waals surface area contributed by atoms with E-state index < -0.39 is 17.9 Å². The SMILES string of the molecule is C=CCCCn1nc(C(=O)N[C@H](C(=O)O)C(C)C)c2ccccc21. The molecule has 0 radical (unpaired) electrons. The van der Waals surface area contributed by atoms with E-state index in [1.165, 1.54) is 0 Å². The van der Waals surface area contributed by atoms with Crippen molar-refractivity contribution >= 4 is 22.8 Å². The molecule has 24 heavy (non-hydrogen) atoms. The van der Waals surface area contributed by atoms with Crippen molar-refractivity contribution < 1.29 is 14.7 Å². The highest BCUT2D eigenvalue weighted by molar-refractivity contribution is 6.05. The van der Waals surface area contributed by atoms with Crippen LogP contribution < -0.4 is 5.32 Å². The number of hydrogen-bond acceptors (Lipinski definition) is 3. The number of hydrogen-bond donors (Lipinski definition) is 2. The monoisotopic (exact) mass is 329 g/mol. The van der Waals surface area contributed by atoms with Gasteiger partial charge in [0.15, 0.2) is 5.69 Å². The minimum absolute atomic E-state index is 0.215. The third-order valence-corrected chi connectivity index (χ3v) is 3.87. The van der Waals surface area contributed by atoms with Crippen molar-refractivity contribution in [3.63, 3.8) is 0 Å². The third-order valence-electron chi connectivity index (χ3n) is 3.87. The predicted octanol–water partition coefficient (Wildman–Crippen LogP) is 2.84. The number of fused-ring (bicyclic) bond motifs is 1. The van der Waals surface area contributed by atoms with Gasteiger partial charge in [-0.1, -0.05) is 38.1 Å². The van der Waals surface area contributed by atoms with Crippen molar-refractivity contribution in [2.24, 2.45) is 5.92 Å². The number of rotatable bonds is 8. The lowest BCUT2D eigenvalue weighted by Crippen LogP contribution is -2.44. The molecule has 2 aromatic rings. The number of carboxylic acids is 1. The quantitative estimate of drug-likeness (QED) is 0.576. The number of nitrogens with zero attached hydrogens (tertiary/aromatic N) is 2. The largest absolute Gasteiger partial charge is 0.480 e. The molecule has 0 aliphatic heterocycles. The van der Waals surface area contributed by atoms with Crippen LogP contribution in [0.4, 0.5) is 0 Å². The maximum Gasteiger partial charge on any atom is 0.326 e. The van der Waals surface area contributed by atoms with Crippen LogP contribution in [0.3, 0.4) is 0 Å². The van der Waals surface area contributed by atoms with Gasteiger partial charge >= 0.3 is 5.97 Å². The lowest BCUT2D eigenvalue weighted by Gasteiger charge is -2.17. The summed E-state index contributed by atoms with van der Waals surface area (Å²) < 4.78 is 1.79. The van der Waals surface area contributed by atoms with Gasteiger partial charge in [-0.25, -0.2) is 4.79 Å². The fourth-order valence-corrected chi connectivity index (χ4v) is 2.57. The summed E-state index contributed by atoms with van der Waals surface area (Å²) in [6.07, 6.45) is 3.59. The average Bonchev–Trinajstić information content (AvgIpc) is 2.91. The van der Waals surface area contributed by atoms with Gasteiger partial charge in [-0.3, -0.25) is 9.48 Å². The van der Waals surface area contributed by atoms with E-state index in [4.69, 9.17) is 0 Å². The van der Waals surface area contributed by atoms with Gasteiger partial charge in [0.1, 0.15) is 6.04 Å². The van der Waals surface area contributed by atoms with E-state index in [9.17, 15) is 14.7 Å². The molecule has 6 nitrogen and oxygen atoms in total. The Morgan fingerprint density at radius 2 is 2.08 bits per heavy atom. The predicted molar refractivity (Wildman–Crippen MR) is 92.9 cm³/mol. The van der Waals surface area contributed by atoms with Crippen LogP contribution in [0.25, 0.3) is 10.9 Å². The second-order valence-electron chi connectivity index (χ2n) is 6.05. The van der Waals surface area contributed by atoms with Crippen molar-refractivity contribution in [3.05, 3.63) is 42.6 Å². The standard InChI is InChI=1S/C18H23N3O3/c1-4-5-8-11-21-14-10-7-6-9-13(14)16(20-21)17(22)19-15(12(2)3)18(23)24/h4,6-7,9-10,12,15H,1,5,8,11H2,2-3H3,(H,19,22)(H,23,24)/t15-/m0/s1. The normalized spacial score (nSPS) is 12.3. The van der Waals surface area contributed by atoms with Crippen LogP contribution in [0.15, 0.2) is 36.9 Å². The molecule has 1 amide bonds. The molecule has 2 rings (SSSR count). The number of para-hydroxylation sites is 1. The lowest BCUT2D eigenvalue weighted by molar-refractivity contribution is -0.140. The molecule has 1 aromatic heterocycles. The second-order valence-corrected chi connectivity index (χ2v) is 6.05. The number of benzene rings is 1. The van der Waals surface area contributed by atoms with Crippen LogP contribution >= 0.6 is 0 Å². The molecule has 0 spiro atoms. The van der Waals surface area contributed by atoms with Gasteiger partial charge in [0.25, 0.3) is 5.91 Å². The van der Waals surface area contributed by atoms with Gasteiger partial charge in [-0.15, -0.1) is 6.58 Å². The highest BCUT2D eigenvalue weighted by atomic mass is 16.4. The second kappa shape index (κ2) is 7.77. The van der Waals surface area contributed by atoms with Gasteiger partial charge in [0.05, 0.1) is 5.52 Å². The maximum absolute atomic E-state index is 12.6. The first-order valence-corrected chi connectivity index (χ1v) is 8.05. The Labute approximate surface area is 141 Å². The third kappa shape index (κ3) is 3.82. The fourth-order valence-electron chi connectivity index (χ4n) is 2.57. The Hall–Kier alpha value is -2.63. The molecular formula is C18H23N3O3. The molecule has 1 heterocycles. The molecule has 0 aliphatic carbocycles. The number of aryl methyl sites for hydroxylation is 1. The summed E-state index contributed by atoms with van der Waals surface area (Å²) in [5, 5.41) is 17.0. The van der Waals surface area contributed by atoms with Crippen molar-refractivity contribution in [2.75, 3.05) is 0 Å². The van der Waals surface area contributed by atoms with Gasteiger partial charge in [0.2, 0.25) is 0 Å². The van der Waals surface area contributed by atoms with Crippen LogP contribution in [0.5, 0.6) is 0 Å². The van der Waals surface area contributed by atoms with E-state index >= 15 is 0 Å². The lowest BCUT2D eigenvalue weighted by atomic mass is 10.0.